The Bertz CT molecular complexity index is 1300. The summed E-state index contributed by atoms with van der Waals surface area (Å²) in [7, 11) is 0. The number of hydrogen-bond donors (Lipinski definition) is 3. The molecule has 0 aromatic heterocycles. The monoisotopic (exact) mass is 379 g/mol. The van der Waals surface area contributed by atoms with E-state index in [1.54, 1.807) is 36.4 Å². The second kappa shape index (κ2) is 7.75. The van der Waals surface area contributed by atoms with Crippen LogP contribution in [0.4, 0.5) is 11.4 Å². The SMILES string of the molecule is N#C/C(=C/Nc1ccc2ccccc2c1)C(=O)Nc1cccc2c(O)cccc12. The van der Waals surface area contributed by atoms with Crippen molar-refractivity contribution in [2.45, 2.75) is 0 Å². The zero-order valence-corrected chi connectivity index (χ0v) is 15.4. The normalized spacial score (nSPS) is 11.2. The zero-order valence-electron chi connectivity index (χ0n) is 15.4. The number of phenols is 1. The number of anilines is 2. The van der Waals surface area contributed by atoms with Crippen LogP contribution in [0.2, 0.25) is 0 Å². The fourth-order valence-corrected chi connectivity index (χ4v) is 3.18. The third kappa shape index (κ3) is 3.73. The molecule has 4 aromatic rings. The van der Waals surface area contributed by atoms with Crippen molar-refractivity contribution in [3.8, 4) is 11.8 Å². The lowest BCUT2D eigenvalue weighted by Gasteiger charge is -2.09. The van der Waals surface area contributed by atoms with Gasteiger partial charge in [-0.05, 0) is 35.0 Å². The van der Waals surface area contributed by atoms with Crippen molar-refractivity contribution >= 4 is 38.8 Å². The maximum absolute atomic E-state index is 12.6. The number of carbonyl (C=O) groups excluding carboxylic acids is 1. The van der Waals surface area contributed by atoms with Crippen LogP contribution in [0.1, 0.15) is 0 Å². The number of phenolic OH excluding ortho intramolecular Hbond substituents is 1. The van der Waals surface area contributed by atoms with E-state index in [-0.39, 0.29) is 11.3 Å². The lowest BCUT2D eigenvalue weighted by Crippen LogP contribution is -2.14. The lowest BCUT2D eigenvalue weighted by atomic mass is 10.1. The van der Waals surface area contributed by atoms with Crippen LogP contribution in [-0.4, -0.2) is 11.0 Å². The highest BCUT2D eigenvalue weighted by Crippen LogP contribution is 2.30. The van der Waals surface area contributed by atoms with Crippen molar-refractivity contribution in [1.82, 2.24) is 0 Å². The Balaban J connectivity index is 1.57. The maximum Gasteiger partial charge on any atom is 0.267 e. The molecule has 0 radical (unpaired) electrons. The van der Waals surface area contributed by atoms with Crippen LogP contribution in [0, 0.1) is 11.3 Å². The minimum atomic E-state index is -0.531. The Kier molecular flexibility index (Phi) is 4.83. The van der Waals surface area contributed by atoms with Crippen molar-refractivity contribution in [2.24, 2.45) is 0 Å². The van der Waals surface area contributed by atoms with E-state index in [1.807, 2.05) is 48.5 Å². The Morgan fingerprint density at radius 2 is 1.66 bits per heavy atom. The second-order valence-corrected chi connectivity index (χ2v) is 6.51. The summed E-state index contributed by atoms with van der Waals surface area (Å²) in [6.45, 7) is 0. The summed E-state index contributed by atoms with van der Waals surface area (Å²) < 4.78 is 0. The first-order chi connectivity index (χ1) is 14.2. The minimum Gasteiger partial charge on any atom is -0.507 e. The van der Waals surface area contributed by atoms with E-state index < -0.39 is 5.91 Å². The van der Waals surface area contributed by atoms with Crippen molar-refractivity contribution in [3.05, 3.63) is 90.6 Å². The zero-order chi connectivity index (χ0) is 20.2. The average molecular weight is 379 g/mol. The van der Waals surface area contributed by atoms with Crippen molar-refractivity contribution in [3.63, 3.8) is 0 Å². The van der Waals surface area contributed by atoms with Crippen LogP contribution in [0.3, 0.4) is 0 Å². The minimum absolute atomic E-state index is 0.0599. The second-order valence-electron chi connectivity index (χ2n) is 6.51. The quantitative estimate of drug-likeness (QED) is 0.338. The van der Waals surface area contributed by atoms with E-state index in [1.165, 1.54) is 6.20 Å². The number of nitrogens with one attached hydrogen (secondary N) is 2. The van der Waals surface area contributed by atoms with Crippen molar-refractivity contribution in [1.29, 1.82) is 5.26 Å². The number of nitrogens with zero attached hydrogens (tertiary/aromatic N) is 1. The number of amides is 1. The molecule has 0 fully saturated rings. The summed E-state index contributed by atoms with van der Waals surface area (Å²) >= 11 is 0. The molecular weight excluding hydrogens is 362 g/mol. The van der Waals surface area contributed by atoms with E-state index >= 15 is 0 Å². The Labute approximate surface area is 167 Å². The third-order valence-electron chi connectivity index (χ3n) is 4.64. The molecule has 0 aliphatic rings. The molecule has 5 nitrogen and oxygen atoms in total. The first kappa shape index (κ1) is 18.1. The van der Waals surface area contributed by atoms with Gasteiger partial charge in [0.05, 0.1) is 0 Å². The summed E-state index contributed by atoms with van der Waals surface area (Å²) in [4.78, 5) is 12.6. The van der Waals surface area contributed by atoms with Gasteiger partial charge in [-0.3, -0.25) is 4.79 Å². The Hall–Kier alpha value is -4.30. The van der Waals surface area contributed by atoms with Crippen LogP contribution < -0.4 is 10.6 Å². The van der Waals surface area contributed by atoms with Crippen LogP contribution >= 0.6 is 0 Å². The van der Waals surface area contributed by atoms with Gasteiger partial charge in [-0.2, -0.15) is 5.26 Å². The highest BCUT2D eigenvalue weighted by molar-refractivity contribution is 6.11. The van der Waals surface area contributed by atoms with Gasteiger partial charge in [0, 0.05) is 28.3 Å². The van der Waals surface area contributed by atoms with Crippen LogP contribution in [0.25, 0.3) is 21.5 Å². The fraction of sp³-hybridized carbons (Fsp3) is 0. The van der Waals surface area contributed by atoms with Gasteiger partial charge in [0.25, 0.3) is 5.91 Å². The predicted octanol–water partition coefficient (Wildman–Crippen LogP) is 5.16. The maximum atomic E-state index is 12.6. The number of carbonyl (C=O) groups is 1. The number of hydrogen-bond acceptors (Lipinski definition) is 4. The highest BCUT2D eigenvalue weighted by atomic mass is 16.3. The topological polar surface area (TPSA) is 85.2 Å². The lowest BCUT2D eigenvalue weighted by molar-refractivity contribution is -0.112. The Morgan fingerprint density at radius 1 is 0.897 bits per heavy atom. The predicted molar refractivity (Wildman–Crippen MR) is 116 cm³/mol. The molecule has 4 rings (SSSR count). The smallest absolute Gasteiger partial charge is 0.267 e. The fourth-order valence-electron chi connectivity index (χ4n) is 3.18. The number of fused-ring (bicyclic) bond motifs is 2. The molecule has 5 heteroatoms. The first-order valence-electron chi connectivity index (χ1n) is 9.03. The molecule has 0 atom stereocenters. The van der Waals surface area contributed by atoms with E-state index in [0.29, 0.717) is 16.5 Å². The summed E-state index contributed by atoms with van der Waals surface area (Å²) in [5, 5.41) is 28.7. The van der Waals surface area contributed by atoms with Gasteiger partial charge in [0.15, 0.2) is 0 Å². The molecular formula is C24H17N3O2. The molecule has 4 aromatic carbocycles. The highest BCUT2D eigenvalue weighted by Gasteiger charge is 2.12. The van der Waals surface area contributed by atoms with E-state index in [0.717, 1.165) is 16.5 Å². The largest absolute Gasteiger partial charge is 0.507 e. The molecule has 0 bridgehead atoms. The van der Waals surface area contributed by atoms with Crippen molar-refractivity contribution < 1.29 is 9.90 Å². The molecule has 0 heterocycles. The van der Waals surface area contributed by atoms with E-state index in [9.17, 15) is 15.2 Å². The van der Waals surface area contributed by atoms with Gasteiger partial charge in [-0.1, -0.05) is 54.6 Å². The molecule has 0 spiro atoms. The molecule has 140 valence electrons. The molecule has 29 heavy (non-hydrogen) atoms. The number of rotatable bonds is 4. The summed E-state index contributed by atoms with van der Waals surface area (Å²) in [6, 6.07) is 26.0. The van der Waals surface area contributed by atoms with Crippen molar-refractivity contribution in [2.75, 3.05) is 10.6 Å². The van der Waals surface area contributed by atoms with Gasteiger partial charge in [0.2, 0.25) is 0 Å². The molecule has 0 aliphatic heterocycles. The molecule has 0 aliphatic carbocycles. The van der Waals surface area contributed by atoms with Gasteiger partial charge < -0.3 is 15.7 Å². The van der Waals surface area contributed by atoms with Gasteiger partial charge in [-0.15, -0.1) is 0 Å². The van der Waals surface area contributed by atoms with Crippen LogP contribution in [0.15, 0.2) is 90.6 Å². The molecule has 3 N–H and O–H groups in total. The van der Waals surface area contributed by atoms with Crippen LogP contribution in [0.5, 0.6) is 5.75 Å². The first-order valence-corrected chi connectivity index (χ1v) is 9.03. The molecule has 0 unspecified atom stereocenters. The third-order valence-corrected chi connectivity index (χ3v) is 4.64. The Morgan fingerprint density at radius 3 is 2.48 bits per heavy atom. The molecule has 0 saturated carbocycles. The van der Waals surface area contributed by atoms with E-state index in [2.05, 4.69) is 10.6 Å². The average Bonchev–Trinajstić information content (AvgIpc) is 2.75. The van der Waals surface area contributed by atoms with Gasteiger partial charge in [0.1, 0.15) is 17.4 Å². The standard InChI is InChI=1S/C24H17N3O2/c25-14-18(15-26-19-12-11-16-5-1-2-6-17(16)13-19)24(29)27-22-9-3-8-21-20(22)7-4-10-23(21)28/h1-13,15,26,28H,(H,27,29)/b18-15-. The molecule has 0 saturated heterocycles. The van der Waals surface area contributed by atoms with Crippen LogP contribution in [-0.2, 0) is 4.79 Å². The summed E-state index contributed by atoms with van der Waals surface area (Å²) in [5.74, 6) is -0.399. The van der Waals surface area contributed by atoms with Gasteiger partial charge in [-0.25, -0.2) is 0 Å². The number of benzene rings is 4. The van der Waals surface area contributed by atoms with Gasteiger partial charge >= 0.3 is 0 Å². The van der Waals surface area contributed by atoms with E-state index in [4.69, 9.17) is 0 Å². The number of aromatic hydroxyl groups is 1. The summed E-state index contributed by atoms with van der Waals surface area (Å²) in [6.07, 6.45) is 1.39. The molecule has 1 amide bonds. The number of nitriles is 1. The summed E-state index contributed by atoms with van der Waals surface area (Å²) in [5.41, 5.74) is 1.24.